The first-order chi connectivity index (χ1) is 14.2. The Morgan fingerprint density at radius 1 is 1.24 bits per heavy atom. The van der Waals surface area contributed by atoms with E-state index in [1.807, 2.05) is 18.3 Å². The van der Waals surface area contributed by atoms with Gasteiger partial charge in [-0.15, -0.1) is 0 Å². The highest BCUT2D eigenvalue weighted by Gasteiger charge is 2.30. The van der Waals surface area contributed by atoms with Gasteiger partial charge in [0.05, 0.1) is 41.4 Å². The van der Waals surface area contributed by atoms with Crippen LogP contribution in [0.15, 0.2) is 45.9 Å². The van der Waals surface area contributed by atoms with E-state index >= 15 is 0 Å². The molecule has 1 saturated carbocycles. The predicted molar refractivity (Wildman–Crippen MR) is 114 cm³/mol. The third-order valence-electron chi connectivity index (χ3n) is 6.08. The molecule has 1 N–H and O–H groups in total. The second-order valence-corrected chi connectivity index (χ2v) is 8.32. The lowest BCUT2D eigenvalue weighted by Gasteiger charge is -2.30. The molecule has 0 amide bonds. The average Bonchev–Trinajstić information content (AvgIpc) is 3.08. The van der Waals surface area contributed by atoms with Crippen LogP contribution in [0.3, 0.4) is 0 Å². The van der Waals surface area contributed by atoms with Crippen LogP contribution in [0.1, 0.15) is 31.2 Å². The summed E-state index contributed by atoms with van der Waals surface area (Å²) in [5, 5.41) is 11.3. The zero-order valence-corrected chi connectivity index (χ0v) is 17.2. The van der Waals surface area contributed by atoms with Crippen molar-refractivity contribution in [3.63, 3.8) is 0 Å². The molecule has 3 aliphatic rings. The molecule has 0 radical (unpaired) electrons. The Morgan fingerprint density at radius 3 is 2.90 bits per heavy atom. The zero-order valence-electron chi connectivity index (χ0n) is 16.4. The summed E-state index contributed by atoms with van der Waals surface area (Å²) in [6, 6.07) is 3.88. The molecule has 4 heterocycles. The minimum Gasteiger partial charge on any atom is -0.489 e. The second kappa shape index (κ2) is 7.67. The molecule has 5 rings (SSSR count). The fourth-order valence-corrected chi connectivity index (χ4v) is 4.98. The highest BCUT2D eigenvalue weighted by molar-refractivity contribution is 6.36. The van der Waals surface area contributed by atoms with Crippen molar-refractivity contribution < 1.29 is 4.74 Å². The summed E-state index contributed by atoms with van der Waals surface area (Å²) in [6.45, 7) is 1.40. The van der Waals surface area contributed by atoms with Crippen LogP contribution >= 0.6 is 11.6 Å². The number of nitrogens with zero attached hydrogens (tertiary/aromatic N) is 4. The lowest BCUT2D eigenvalue weighted by Crippen LogP contribution is -2.28. The monoisotopic (exact) mass is 409 g/mol. The molecular weight excluding hydrogens is 386 g/mol. The molecule has 2 aromatic heterocycles. The Hall–Kier alpha value is -2.60. The van der Waals surface area contributed by atoms with Crippen LogP contribution < -0.4 is 20.3 Å². The molecule has 0 saturated heterocycles. The molecule has 1 fully saturated rings. The van der Waals surface area contributed by atoms with E-state index in [2.05, 4.69) is 38.2 Å². The third kappa shape index (κ3) is 3.46. The van der Waals surface area contributed by atoms with Gasteiger partial charge in [-0.3, -0.25) is 4.98 Å². The minimum absolute atomic E-state index is 0.231. The summed E-state index contributed by atoms with van der Waals surface area (Å²) in [5.41, 5.74) is 3.66. The van der Waals surface area contributed by atoms with Crippen molar-refractivity contribution in [3.8, 4) is 5.75 Å². The van der Waals surface area contributed by atoms with Crippen LogP contribution in [0.25, 0.3) is 11.8 Å². The van der Waals surface area contributed by atoms with Gasteiger partial charge in [0.2, 0.25) is 0 Å². The van der Waals surface area contributed by atoms with Gasteiger partial charge in [0.25, 0.3) is 0 Å². The van der Waals surface area contributed by atoms with E-state index in [1.54, 1.807) is 12.4 Å². The largest absolute Gasteiger partial charge is 0.489 e. The summed E-state index contributed by atoms with van der Waals surface area (Å²) in [6.07, 6.45) is 11.8. The van der Waals surface area contributed by atoms with Crippen LogP contribution in [0.2, 0.25) is 0 Å². The average molecular weight is 410 g/mol. The number of fused-ring (bicyclic) bond motifs is 3. The fourth-order valence-electron chi connectivity index (χ4n) is 4.66. The number of halogens is 1. The van der Waals surface area contributed by atoms with E-state index in [-0.39, 0.29) is 6.10 Å². The molecule has 150 valence electrons. The van der Waals surface area contributed by atoms with Gasteiger partial charge < -0.3 is 14.6 Å². The van der Waals surface area contributed by atoms with Crippen molar-refractivity contribution in [2.75, 3.05) is 18.5 Å². The Labute approximate surface area is 174 Å². The quantitative estimate of drug-likeness (QED) is 0.844. The molecule has 6 nitrogen and oxygen atoms in total. The number of anilines is 1. The van der Waals surface area contributed by atoms with E-state index in [4.69, 9.17) is 16.3 Å². The lowest BCUT2D eigenvalue weighted by molar-refractivity contribution is 0.142. The number of rotatable bonds is 3. The number of pyridine rings is 1. The maximum absolute atomic E-state index is 6.82. The smallest absolute Gasteiger partial charge is 0.137 e. The summed E-state index contributed by atoms with van der Waals surface area (Å²) >= 11 is 6.82. The summed E-state index contributed by atoms with van der Waals surface area (Å²) < 4.78 is 6.13. The SMILES string of the molecule is CN1CC=C(Cl)C([C@H]2CC[C@H](Oc3cccnc3)CC2)=c2[nH]c3c(c21)CN=NC=3. The molecule has 0 unspecified atom stereocenters. The number of likely N-dealkylation sites (N-methyl/N-ethyl adjacent to an activating group) is 1. The molecule has 2 aliphatic heterocycles. The topological polar surface area (TPSA) is 65.9 Å². The number of hydrogen-bond acceptors (Lipinski definition) is 5. The van der Waals surface area contributed by atoms with E-state index in [0.29, 0.717) is 12.5 Å². The van der Waals surface area contributed by atoms with E-state index < -0.39 is 0 Å². The first-order valence-electron chi connectivity index (χ1n) is 10.2. The van der Waals surface area contributed by atoms with Gasteiger partial charge >= 0.3 is 0 Å². The molecule has 1 aliphatic carbocycles. The minimum atomic E-state index is 0.231. The van der Waals surface area contributed by atoms with E-state index in [0.717, 1.165) is 53.7 Å². The predicted octanol–water partition coefficient (Wildman–Crippen LogP) is 3.47. The molecule has 0 aromatic carbocycles. The summed E-state index contributed by atoms with van der Waals surface area (Å²) in [5.74, 6) is 1.26. The van der Waals surface area contributed by atoms with Gasteiger partial charge in [0.1, 0.15) is 5.75 Å². The molecule has 0 spiro atoms. The van der Waals surface area contributed by atoms with Crippen molar-refractivity contribution in [2.24, 2.45) is 16.1 Å². The number of aromatic amines is 1. The Balaban J connectivity index is 1.46. The van der Waals surface area contributed by atoms with Gasteiger partial charge in [-0.1, -0.05) is 11.6 Å². The van der Waals surface area contributed by atoms with Crippen LogP contribution in [-0.4, -0.2) is 29.7 Å². The third-order valence-corrected chi connectivity index (χ3v) is 6.43. The first kappa shape index (κ1) is 18.4. The molecule has 2 aromatic rings. The normalized spacial score (nSPS) is 23.6. The Morgan fingerprint density at radius 2 is 2.10 bits per heavy atom. The number of hydrogen-bond donors (Lipinski definition) is 1. The molecule has 7 heteroatoms. The van der Waals surface area contributed by atoms with Crippen LogP contribution in [0.5, 0.6) is 5.75 Å². The van der Waals surface area contributed by atoms with Crippen molar-refractivity contribution >= 4 is 29.1 Å². The van der Waals surface area contributed by atoms with Crippen molar-refractivity contribution in [3.05, 3.63) is 51.9 Å². The Kier molecular flexibility index (Phi) is 4.87. The molecule has 29 heavy (non-hydrogen) atoms. The van der Waals surface area contributed by atoms with Gasteiger partial charge in [-0.25, -0.2) is 0 Å². The number of H-pyrrole nitrogens is 1. The van der Waals surface area contributed by atoms with Crippen LogP contribution in [-0.2, 0) is 6.54 Å². The number of allylic oxidation sites excluding steroid dienone is 1. The molecule has 0 bridgehead atoms. The van der Waals surface area contributed by atoms with Crippen LogP contribution in [0.4, 0.5) is 5.69 Å². The highest BCUT2D eigenvalue weighted by Crippen LogP contribution is 2.38. The van der Waals surface area contributed by atoms with Gasteiger partial charge in [-0.05, 0) is 55.4 Å². The second-order valence-electron chi connectivity index (χ2n) is 7.91. The van der Waals surface area contributed by atoms with Crippen molar-refractivity contribution in [1.29, 1.82) is 0 Å². The lowest BCUT2D eigenvalue weighted by atomic mass is 9.81. The standard InChI is InChI=1S/C22H24ClN5O/c1-28-10-8-18(23)20(21-22(28)17-12-25-26-13-19(17)27-21)14-4-6-15(7-5-14)29-16-3-2-9-24-11-16/h2-3,8-9,11,13-15,27H,4-7,10,12H2,1H3/t14-,15-. The van der Waals surface area contributed by atoms with Crippen LogP contribution in [0, 0.1) is 5.92 Å². The van der Waals surface area contributed by atoms with Crippen molar-refractivity contribution in [2.45, 2.75) is 38.3 Å². The van der Waals surface area contributed by atoms with Gasteiger partial charge in [-0.2, -0.15) is 10.2 Å². The maximum Gasteiger partial charge on any atom is 0.137 e. The van der Waals surface area contributed by atoms with E-state index in [1.165, 1.54) is 16.8 Å². The summed E-state index contributed by atoms with van der Waals surface area (Å²) in [7, 11) is 2.11. The molecular formula is C22H24ClN5O. The highest BCUT2D eigenvalue weighted by atomic mass is 35.5. The number of nitrogens with one attached hydrogen (secondary N) is 1. The first-order valence-corrected chi connectivity index (χ1v) is 10.5. The Bertz CT molecular complexity index is 1080. The van der Waals surface area contributed by atoms with Crippen molar-refractivity contribution in [1.82, 2.24) is 9.97 Å². The number of azo groups is 1. The van der Waals surface area contributed by atoms with Gasteiger partial charge in [0.15, 0.2) is 0 Å². The maximum atomic E-state index is 6.82. The fraction of sp³-hybridized carbons (Fsp3) is 0.409. The number of ether oxygens (including phenoxy) is 1. The summed E-state index contributed by atoms with van der Waals surface area (Å²) in [4.78, 5) is 10.00. The van der Waals surface area contributed by atoms with E-state index in [9.17, 15) is 0 Å². The van der Waals surface area contributed by atoms with Gasteiger partial charge in [0, 0.05) is 30.4 Å². The molecule has 0 atom stereocenters. The zero-order chi connectivity index (χ0) is 19.8. The number of aromatic nitrogens is 2.